The fourth-order valence-electron chi connectivity index (χ4n) is 2.22. The lowest BCUT2D eigenvalue weighted by molar-refractivity contribution is 0.308. The highest BCUT2D eigenvalue weighted by Gasteiger charge is 2.26. The lowest BCUT2D eigenvalue weighted by atomic mass is 10.3. The molecule has 0 radical (unpaired) electrons. The number of nitrogens with one attached hydrogen (secondary N) is 1. The lowest BCUT2D eigenvalue weighted by Gasteiger charge is -2.15. The number of hydrogen-bond acceptors (Lipinski definition) is 5. The molecule has 1 N–H and O–H groups in total. The summed E-state index contributed by atoms with van der Waals surface area (Å²) in [4.78, 5) is 12.8. The minimum absolute atomic E-state index is 0.745. The summed E-state index contributed by atoms with van der Waals surface area (Å²) in [6, 6.07) is 2.85. The average molecular weight is 276 g/mol. The average Bonchev–Trinajstić information content (AvgIpc) is 3.15. The van der Waals surface area contributed by atoms with Crippen molar-refractivity contribution in [2.45, 2.75) is 38.8 Å². The van der Waals surface area contributed by atoms with Gasteiger partial charge in [0.25, 0.3) is 0 Å². The van der Waals surface area contributed by atoms with Crippen LogP contribution in [0.4, 0.5) is 5.82 Å². The van der Waals surface area contributed by atoms with E-state index in [1.807, 2.05) is 0 Å². The smallest absolute Gasteiger partial charge is 0.146 e. The molecule has 2 aromatic heterocycles. The summed E-state index contributed by atoms with van der Waals surface area (Å²) in [7, 11) is 2.17. The van der Waals surface area contributed by atoms with Crippen molar-refractivity contribution in [3.05, 3.63) is 17.3 Å². The van der Waals surface area contributed by atoms with Gasteiger partial charge in [-0.05, 0) is 37.8 Å². The van der Waals surface area contributed by atoms with Gasteiger partial charge in [0, 0.05) is 12.6 Å². The second-order valence-corrected chi connectivity index (χ2v) is 6.10. The minimum Gasteiger partial charge on any atom is -0.369 e. The van der Waals surface area contributed by atoms with Gasteiger partial charge in [0.2, 0.25) is 0 Å². The van der Waals surface area contributed by atoms with Gasteiger partial charge in [0.15, 0.2) is 0 Å². The van der Waals surface area contributed by atoms with Gasteiger partial charge < -0.3 is 5.32 Å². The van der Waals surface area contributed by atoms with E-state index in [2.05, 4.69) is 40.6 Å². The summed E-state index contributed by atoms with van der Waals surface area (Å²) in [6.07, 6.45) is 3.74. The molecule has 4 nitrogen and oxygen atoms in total. The third-order valence-corrected chi connectivity index (χ3v) is 4.28. The van der Waals surface area contributed by atoms with E-state index in [4.69, 9.17) is 4.98 Å². The van der Waals surface area contributed by atoms with Crippen LogP contribution in [0.5, 0.6) is 0 Å². The minimum atomic E-state index is 0.745. The molecule has 0 bridgehead atoms. The molecule has 0 amide bonds. The van der Waals surface area contributed by atoms with Gasteiger partial charge in [-0.15, -0.1) is 11.3 Å². The largest absolute Gasteiger partial charge is 0.369 e. The predicted octanol–water partition coefficient (Wildman–Crippen LogP) is 3.11. The van der Waals surface area contributed by atoms with Gasteiger partial charge >= 0.3 is 0 Å². The van der Waals surface area contributed by atoms with Crippen molar-refractivity contribution >= 4 is 27.4 Å². The van der Waals surface area contributed by atoms with E-state index in [9.17, 15) is 0 Å². The second kappa shape index (κ2) is 5.43. The summed E-state index contributed by atoms with van der Waals surface area (Å²) in [5.74, 6) is 1.93. The van der Waals surface area contributed by atoms with Crippen LogP contribution < -0.4 is 5.32 Å². The summed E-state index contributed by atoms with van der Waals surface area (Å²) < 4.78 is 0. The molecule has 19 heavy (non-hydrogen) atoms. The Kier molecular flexibility index (Phi) is 3.66. The van der Waals surface area contributed by atoms with Crippen molar-refractivity contribution in [1.29, 1.82) is 0 Å². The van der Waals surface area contributed by atoms with Gasteiger partial charge in [-0.1, -0.05) is 6.92 Å². The highest BCUT2D eigenvalue weighted by atomic mass is 32.1. The van der Waals surface area contributed by atoms with E-state index >= 15 is 0 Å². The third kappa shape index (κ3) is 2.87. The van der Waals surface area contributed by atoms with Crippen LogP contribution in [-0.4, -0.2) is 34.5 Å². The molecule has 2 heterocycles. The first kappa shape index (κ1) is 12.8. The fraction of sp³-hybridized carbons (Fsp3) is 0.571. The molecule has 1 saturated carbocycles. The highest BCUT2D eigenvalue weighted by molar-refractivity contribution is 7.16. The highest BCUT2D eigenvalue weighted by Crippen LogP contribution is 2.28. The van der Waals surface area contributed by atoms with Crippen molar-refractivity contribution < 1.29 is 0 Å². The molecule has 1 fully saturated rings. The molecule has 0 aliphatic heterocycles. The molecule has 2 aromatic rings. The van der Waals surface area contributed by atoms with Gasteiger partial charge in [0.05, 0.1) is 11.9 Å². The third-order valence-electron chi connectivity index (χ3n) is 3.47. The Morgan fingerprint density at radius 3 is 3.00 bits per heavy atom. The maximum Gasteiger partial charge on any atom is 0.146 e. The quantitative estimate of drug-likeness (QED) is 0.880. The summed E-state index contributed by atoms with van der Waals surface area (Å²) in [5.41, 5.74) is 0. The van der Waals surface area contributed by atoms with Crippen LogP contribution in [0.15, 0.2) is 11.4 Å². The van der Waals surface area contributed by atoms with E-state index in [1.165, 1.54) is 12.8 Å². The molecule has 0 unspecified atom stereocenters. The van der Waals surface area contributed by atoms with Crippen LogP contribution in [0.2, 0.25) is 0 Å². The lowest BCUT2D eigenvalue weighted by Crippen LogP contribution is -2.21. The molecule has 0 saturated heterocycles. The van der Waals surface area contributed by atoms with E-state index in [0.29, 0.717) is 0 Å². The maximum atomic E-state index is 4.70. The molecule has 0 spiro atoms. The maximum absolute atomic E-state index is 4.70. The Balaban J connectivity index is 1.86. The topological polar surface area (TPSA) is 41.1 Å². The number of fused-ring (bicyclic) bond motifs is 1. The van der Waals surface area contributed by atoms with Crippen LogP contribution in [0.25, 0.3) is 10.2 Å². The first-order valence-electron chi connectivity index (χ1n) is 6.96. The van der Waals surface area contributed by atoms with Gasteiger partial charge in [0.1, 0.15) is 16.5 Å². The Hall–Kier alpha value is -1.20. The predicted molar refractivity (Wildman–Crippen MR) is 80.7 cm³/mol. The number of aromatic nitrogens is 2. The standard InChI is InChI=1S/C14H20N4S/c1-3-7-15-13-11-6-8-19-14(11)17-12(16-13)9-18(2)10-4-5-10/h6,8,10H,3-5,7,9H2,1-2H3,(H,15,16,17). The van der Waals surface area contributed by atoms with Crippen LogP contribution in [0.1, 0.15) is 32.0 Å². The zero-order chi connectivity index (χ0) is 13.2. The van der Waals surface area contributed by atoms with Crippen molar-refractivity contribution in [2.75, 3.05) is 18.9 Å². The first-order chi connectivity index (χ1) is 9.28. The van der Waals surface area contributed by atoms with E-state index in [-0.39, 0.29) is 0 Å². The van der Waals surface area contributed by atoms with Gasteiger partial charge in [-0.25, -0.2) is 9.97 Å². The number of hydrogen-bond donors (Lipinski definition) is 1. The van der Waals surface area contributed by atoms with Gasteiger partial charge in [-0.2, -0.15) is 0 Å². The summed E-state index contributed by atoms with van der Waals surface area (Å²) >= 11 is 1.69. The molecule has 102 valence electrons. The van der Waals surface area contributed by atoms with Crippen LogP contribution in [0.3, 0.4) is 0 Å². The zero-order valence-electron chi connectivity index (χ0n) is 11.5. The second-order valence-electron chi connectivity index (χ2n) is 5.20. The molecular formula is C14H20N4S. The number of thiophene rings is 1. The monoisotopic (exact) mass is 276 g/mol. The number of nitrogens with zero attached hydrogens (tertiary/aromatic N) is 3. The molecule has 0 aromatic carbocycles. The molecule has 1 aliphatic rings. The van der Waals surface area contributed by atoms with Crippen LogP contribution in [0, 0.1) is 0 Å². The Morgan fingerprint density at radius 2 is 2.26 bits per heavy atom. The van der Waals surface area contributed by atoms with Crippen LogP contribution >= 0.6 is 11.3 Å². The SMILES string of the molecule is CCCNc1nc(CN(C)C2CC2)nc2sccc12. The Bertz CT molecular complexity index is 562. The Morgan fingerprint density at radius 1 is 1.42 bits per heavy atom. The molecule has 1 aliphatic carbocycles. The van der Waals surface area contributed by atoms with Crippen molar-refractivity contribution in [1.82, 2.24) is 14.9 Å². The molecule has 5 heteroatoms. The van der Waals surface area contributed by atoms with Crippen molar-refractivity contribution in [3.63, 3.8) is 0 Å². The fourth-order valence-corrected chi connectivity index (χ4v) is 3.00. The number of anilines is 1. The normalized spacial score (nSPS) is 15.3. The van der Waals surface area contributed by atoms with Gasteiger partial charge in [-0.3, -0.25) is 4.90 Å². The zero-order valence-corrected chi connectivity index (χ0v) is 12.3. The van der Waals surface area contributed by atoms with E-state index in [0.717, 1.165) is 47.4 Å². The summed E-state index contributed by atoms with van der Waals surface area (Å²) in [6.45, 7) is 3.97. The Labute approximate surface area is 117 Å². The molecule has 0 atom stereocenters. The summed E-state index contributed by atoms with van der Waals surface area (Å²) in [5, 5.41) is 6.66. The van der Waals surface area contributed by atoms with Crippen LogP contribution in [-0.2, 0) is 6.54 Å². The molecule has 3 rings (SSSR count). The van der Waals surface area contributed by atoms with E-state index < -0.39 is 0 Å². The molecular weight excluding hydrogens is 256 g/mol. The first-order valence-corrected chi connectivity index (χ1v) is 7.84. The van der Waals surface area contributed by atoms with Crippen molar-refractivity contribution in [3.8, 4) is 0 Å². The van der Waals surface area contributed by atoms with E-state index in [1.54, 1.807) is 11.3 Å². The number of rotatable bonds is 6. The van der Waals surface area contributed by atoms with Crippen molar-refractivity contribution in [2.24, 2.45) is 0 Å².